The van der Waals surface area contributed by atoms with E-state index < -0.39 is 24.0 Å². The van der Waals surface area contributed by atoms with E-state index in [9.17, 15) is 9.59 Å². The number of nitrogens with one attached hydrogen (secondary N) is 2. The van der Waals surface area contributed by atoms with Crippen molar-refractivity contribution in [3.05, 3.63) is 24.6 Å². The Labute approximate surface area is 130 Å². The molecule has 0 aliphatic rings. The molecular weight excluding hydrogens is 292 g/mol. The molecule has 1 unspecified atom stereocenters. The van der Waals surface area contributed by atoms with Gasteiger partial charge in [0.15, 0.2) is 6.29 Å². The lowest BCUT2D eigenvalue weighted by Gasteiger charge is -2.19. The summed E-state index contributed by atoms with van der Waals surface area (Å²) in [6, 6.07) is 0. The minimum atomic E-state index is -0.998. The van der Waals surface area contributed by atoms with Crippen LogP contribution in [-0.4, -0.2) is 47.8 Å². The van der Waals surface area contributed by atoms with E-state index in [2.05, 4.69) is 21.9 Å². The zero-order valence-corrected chi connectivity index (χ0v) is 13.7. The maximum absolute atomic E-state index is 11.4. The Morgan fingerprint density at radius 2 is 1.86 bits per heavy atom. The standard InChI is InChI=1S/C11H18N2O4.C3H8O2/c1-5-8(6-12-7-9(14)15)13-10(16)17-11(2,3)4;1-3(4)5-2/h5-6,12H,1,7H2,2-4H3,(H,13,16)(H,14,15);3-4H,1-2H3/b8-6+;. The van der Waals surface area contributed by atoms with Crippen molar-refractivity contribution in [1.29, 1.82) is 0 Å². The third-order valence-corrected chi connectivity index (χ3v) is 1.72. The average molecular weight is 318 g/mol. The van der Waals surface area contributed by atoms with Gasteiger partial charge < -0.3 is 25.0 Å². The van der Waals surface area contributed by atoms with Crippen molar-refractivity contribution in [1.82, 2.24) is 10.6 Å². The van der Waals surface area contributed by atoms with Crippen LogP contribution in [0, 0.1) is 0 Å². The fourth-order valence-electron chi connectivity index (χ4n) is 0.816. The van der Waals surface area contributed by atoms with Crippen LogP contribution < -0.4 is 10.6 Å². The second-order valence-corrected chi connectivity index (χ2v) is 5.04. The predicted octanol–water partition coefficient (Wildman–Crippen LogP) is 1.18. The zero-order valence-electron chi connectivity index (χ0n) is 13.7. The number of carboxylic acid groups (broad SMARTS) is 1. The van der Waals surface area contributed by atoms with Gasteiger partial charge in [0, 0.05) is 13.3 Å². The molecule has 1 amide bonds. The molecule has 0 rings (SSSR count). The fourth-order valence-corrected chi connectivity index (χ4v) is 0.816. The first kappa shape index (κ1) is 22.2. The summed E-state index contributed by atoms with van der Waals surface area (Å²) >= 11 is 0. The second kappa shape index (κ2) is 11.6. The number of aliphatic hydroxyl groups excluding tert-OH is 1. The van der Waals surface area contributed by atoms with E-state index in [-0.39, 0.29) is 6.54 Å². The Hall–Kier alpha value is -2.06. The highest BCUT2D eigenvalue weighted by atomic mass is 16.6. The summed E-state index contributed by atoms with van der Waals surface area (Å²) in [7, 11) is 1.45. The van der Waals surface area contributed by atoms with Gasteiger partial charge in [0.25, 0.3) is 0 Å². The summed E-state index contributed by atoms with van der Waals surface area (Å²) in [4.78, 5) is 21.6. The SMILES string of the molecule is C=C/C(=C\NCC(=O)O)NC(=O)OC(C)(C)C.COC(C)O. The van der Waals surface area contributed by atoms with Crippen molar-refractivity contribution in [2.45, 2.75) is 39.6 Å². The molecule has 0 aromatic carbocycles. The van der Waals surface area contributed by atoms with Crippen LogP contribution in [0.5, 0.6) is 0 Å². The highest BCUT2D eigenvalue weighted by Gasteiger charge is 2.16. The van der Waals surface area contributed by atoms with Crippen molar-refractivity contribution < 1.29 is 29.3 Å². The van der Waals surface area contributed by atoms with Crippen LogP contribution in [-0.2, 0) is 14.3 Å². The third-order valence-electron chi connectivity index (χ3n) is 1.72. The van der Waals surface area contributed by atoms with Gasteiger partial charge in [-0.15, -0.1) is 0 Å². The van der Waals surface area contributed by atoms with Crippen molar-refractivity contribution in [2.24, 2.45) is 0 Å². The number of alkyl carbamates (subject to hydrolysis) is 1. The summed E-state index contributed by atoms with van der Waals surface area (Å²) in [6.45, 7) is 10.0. The van der Waals surface area contributed by atoms with E-state index >= 15 is 0 Å². The Balaban J connectivity index is 0. The summed E-state index contributed by atoms with van der Waals surface area (Å²) in [6.07, 6.45) is 1.47. The van der Waals surface area contributed by atoms with Gasteiger partial charge in [0.05, 0.1) is 5.70 Å². The maximum Gasteiger partial charge on any atom is 0.412 e. The third kappa shape index (κ3) is 17.9. The summed E-state index contributed by atoms with van der Waals surface area (Å²) in [5.74, 6) is -0.998. The number of aliphatic carboxylic acids is 1. The smallest absolute Gasteiger partial charge is 0.412 e. The molecule has 0 fully saturated rings. The van der Waals surface area contributed by atoms with Crippen molar-refractivity contribution in [3.63, 3.8) is 0 Å². The second-order valence-electron chi connectivity index (χ2n) is 5.04. The molecule has 0 heterocycles. The van der Waals surface area contributed by atoms with E-state index in [1.54, 1.807) is 27.7 Å². The number of carbonyl (C=O) groups excluding carboxylic acids is 1. The quantitative estimate of drug-likeness (QED) is 0.429. The van der Waals surface area contributed by atoms with Gasteiger partial charge in [0.2, 0.25) is 0 Å². The summed E-state index contributed by atoms with van der Waals surface area (Å²) in [5, 5.41) is 21.5. The number of ether oxygens (including phenoxy) is 2. The van der Waals surface area contributed by atoms with Gasteiger partial charge in [-0.1, -0.05) is 6.58 Å². The first-order valence-corrected chi connectivity index (χ1v) is 6.50. The largest absolute Gasteiger partial charge is 0.480 e. The van der Waals surface area contributed by atoms with E-state index in [4.69, 9.17) is 14.9 Å². The summed E-state index contributed by atoms with van der Waals surface area (Å²) in [5.41, 5.74) is -0.259. The molecule has 0 aromatic heterocycles. The van der Waals surface area contributed by atoms with E-state index in [0.717, 1.165) is 0 Å². The molecule has 0 radical (unpaired) electrons. The van der Waals surface area contributed by atoms with Crippen molar-refractivity contribution in [2.75, 3.05) is 13.7 Å². The molecule has 0 aliphatic carbocycles. The zero-order chi connectivity index (χ0) is 17.8. The molecule has 0 saturated carbocycles. The monoisotopic (exact) mass is 318 g/mol. The highest BCUT2D eigenvalue weighted by molar-refractivity contribution is 5.71. The van der Waals surface area contributed by atoms with Gasteiger partial charge in [0.1, 0.15) is 12.1 Å². The molecule has 0 saturated heterocycles. The lowest BCUT2D eigenvalue weighted by Crippen LogP contribution is -2.32. The van der Waals surface area contributed by atoms with E-state index in [1.807, 2.05) is 0 Å². The van der Waals surface area contributed by atoms with Crippen LogP contribution in [0.1, 0.15) is 27.7 Å². The average Bonchev–Trinajstić information content (AvgIpc) is 2.35. The van der Waals surface area contributed by atoms with Crippen LogP contribution in [0.4, 0.5) is 4.79 Å². The van der Waals surface area contributed by atoms with Crippen LogP contribution in [0.2, 0.25) is 0 Å². The van der Waals surface area contributed by atoms with E-state index in [1.165, 1.54) is 19.4 Å². The molecule has 8 heteroatoms. The lowest BCUT2D eigenvalue weighted by molar-refractivity contribution is -0.135. The number of amides is 1. The van der Waals surface area contributed by atoms with Crippen molar-refractivity contribution in [3.8, 4) is 0 Å². The number of hydrogen-bond donors (Lipinski definition) is 4. The van der Waals surface area contributed by atoms with Crippen LogP contribution in [0.15, 0.2) is 24.6 Å². The number of carbonyl (C=O) groups is 2. The first-order valence-electron chi connectivity index (χ1n) is 6.50. The Morgan fingerprint density at radius 1 is 1.36 bits per heavy atom. The molecule has 22 heavy (non-hydrogen) atoms. The van der Waals surface area contributed by atoms with Gasteiger partial charge >= 0.3 is 12.1 Å². The van der Waals surface area contributed by atoms with Crippen LogP contribution >= 0.6 is 0 Å². The first-order chi connectivity index (χ1) is 10.0. The Kier molecular flexibility index (Phi) is 11.7. The molecule has 0 aromatic rings. The number of aliphatic hydroxyl groups is 1. The van der Waals surface area contributed by atoms with Crippen LogP contribution in [0.25, 0.3) is 0 Å². The molecule has 1 atom stereocenters. The Bertz CT molecular complexity index is 385. The van der Waals surface area contributed by atoms with E-state index in [0.29, 0.717) is 5.70 Å². The normalized spacial score (nSPS) is 12.4. The van der Waals surface area contributed by atoms with Gasteiger partial charge in [-0.3, -0.25) is 10.1 Å². The van der Waals surface area contributed by atoms with Crippen LogP contribution in [0.3, 0.4) is 0 Å². The fraction of sp³-hybridized carbons (Fsp3) is 0.571. The number of allylic oxidation sites excluding steroid dienone is 1. The molecule has 0 aliphatic heterocycles. The van der Waals surface area contributed by atoms with Crippen molar-refractivity contribution >= 4 is 12.1 Å². The number of methoxy groups -OCH3 is 1. The number of rotatable bonds is 6. The topological polar surface area (TPSA) is 117 Å². The minimum absolute atomic E-state index is 0.243. The molecule has 8 nitrogen and oxygen atoms in total. The maximum atomic E-state index is 11.4. The summed E-state index contributed by atoms with van der Waals surface area (Å²) < 4.78 is 9.32. The number of carboxylic acids is 1. The van der Waals surface area contributed by atoms with Gasteiger partial charge in [-0.25, -0.2) is 4.79 Å². The van der Waals surface area contributed by atoms with Gasteiger partial charge in [-0.2, -0.15) is 0 Å². The lowest BCUT2D eigenvalue weighted by atomic mass is 10.2. The predicted molar refractivity (Wildman–Crippen MR) is 82.0 cm³/mol. The Morgan fingerprint density at radius 3 is 2.18 bits per heavy atom. The molecule has 0 spiro atoms. The van der Waals surface area contributed by atoms with Gasteiger partial charge in [-0.05, 0) is 33.8 Å². The molecule has 4 N–H and O–H groups in total. The molecular formula is C14H26N2O6. The minimum Gasteiger partial charge on any atom is -0.480 e. The molecule has 128 valence electrons. The molecule has 0 bridgehead atoms. The highest BCUT2D eigenvalue weighted by Crippen LogP contribution is 2.07. The number of hydrogen-bond acceptors (Lipinski definition) is 6.